The second-order valence-electron chi connectivity index (χ2n) is 3.07. The van der Waals surface area contributed by atoms with Crippen LogP contribution in [0.2, 0.25) is 0 Å². The lowest BCUT2D eigenvalue weighted by atomic mass is 10.2. The molecule has 0 saturated carbocycles. The number of nitrogens with one attached hydrogen (secondary N) is 2. The van der Waals surface area contributed by atoms with Crippen molar-refractivity contribution in [2.45, 2.75) is 12.1 Å². The summed E-state index contributed by atoms with van der Waals surface area (Å²) in [5, 5.41) is 11.3. The Balaban J connectivity index is 2.56. The average molecular weight is 219 g/mol. The second kappa shape index (κ2) is 4.70. The van der Waals surface area contributed by atoms with Crippen molar-refractivity contribution in [3.05, 3.63) is 0 Å². The monoisotopic (exact) mass is 219 g/mol. The maximum Gasteiger partial charge on any atom is 0.225 e. The van der Waals surface area contributed by atoms with Gasteiger partial charge in [0.25, 0.3) is 0 Å². The standard InChI is InChI=1S/C7H13N3O3S/c1-13-7-5-9-4-6(7)10-14(11,12)3-2-8/h6-7,9-10H,3-5H2,1H3/t6?,7-/m0/s1. The molecule has 1 unspecified atom stereocenters. The van der Waals surface area contributed by atoms with Crippen LogP contribution in [0.4, 0.5) is 0 Å². The lowest BCUT2D eigenvalue weighted by Gasteiger charge is -2.17. The molecule has 1 saturated heterocycles. The zero-order valence-electron chi connectivity index (χ0n) is 7.86. The minimum Gasteiger partial charge on any atom is -0.378 e. The minimum absolute atomic E-state index is 0.163. The van der Waals surface area contributed by atoms with Crippen LogP contribution in [0.25, 0.3) is 0 Å². The van der Waals surface area contributed by atoms with Gasteiger partial charge in [-0.2, -0.15) is 5.26 Å². The molecule has 1 rings (SSSR count). The Morgan fingerprint density at radius 2 is 2.36 bits per heavy atom. The number of nitrogens with zero attached hydrogens (tertiary/aromatic N) is 1. The molecule has 7 heteroatoms. The Labute approximate surface area is 83.3 Å². The van der Waals surface area contributed by atoms with Gasteiger partial charge < -0.3 is 10.1 Å². The number of hydrogen-bond donors (Lipinski definition) is 2. The third kappa shape index (κ3) is 2.92. The zero-order valence-corrected chi connectivity index (χ0v) is 8.67. The van der Waals surface area contributed by atoms with E-state index >= 15 is 0 Å². The predicted octanol–water partition coefficient (Wildman–Crippen LogP) is -1.58. The molecule has 0 bridgehead atoms. The molecule has 1 fully saturated rings. The Kier molecular flexibility index (Phi) is 3.83. The normalized spacial score (nSPS) is 27.4. The van der Waals surface area contributed by atoms with Crippen LogP contribution in [0.5, 0.6) is 0 Å². The maximum absolute atomic E-state index is 11.2. The van der Waals surface area contributed by atoms with Crippen LogP contribution in [0, 0.1) is 11.3 Å². The molecular formula is C7H13N3O3S. The van der Waals surface area contributed by atoms with E-state index in [0.29, 0.717) is 13.1 Å². The van der Waals surface area contributed by atoms with Gasteiger partial charge in [0.1, 0.15) is 0 Å². The summed E-state index contributed by atoms with van der Waals surface area (Å²) in [6, 6.07) is 1.32. The summed E-state index contributed by atoms with van der Waals surface area (Å²) in [5.41, 5.74) is 0. The Bertz CT molecular complexity index is 322. The summed E-state index contributed by atoms with van der Waals surface area (Å²) in [5.74, 6) is -0.514. The van der Waals surface area contributed by atoms with E-state index in [2.05, 4.69) is 10.0 Å². The van der Waals surface area contributed by atoms with Crippen LogP contribution in [-0.2, 0) is 14.8 Å². The average Bonchev–Trinajstić information content (AvgIpc) is 2.50. The Morgan fingerprint density at radius 1 is 1.64 bits per heavy atom. The Hall–Kier alpha value is -0.680. The molecule has 1 aliphatic heterocycles. The first-order valence-electron chi connectivity index (χ1n) is 4.19. The van der Waals surface area contributed by atoms with Crippen LogP contribution in [0.1, 0.15) is 0 Å². The van der Waals surface area contributed by atoms with E-state index < -0.39 is 15.8 Å². The van der Waals surface area contributed by atoms with Crippen molar-refractivity contribution in [1.82, 2.24) is 10.0 Å². The summed E-state index contributed by atoms with van der Waals surface area (Å²) >= 11 is 0. The quantitative estimate of drug-likeness (QED) is 0.595. The topological polar surface area (TPSA) is 91.2 Å². The molecule has 0 aromatic heterocycles. The van der Waals surface area contributed by atoms with Gasteiger partial charge in [-0.25, -0.2) is 13.1 Å². The van der Waals surface area contributed by atoms with Gasteiger partial charge in [-0.05, 0) is 0 Å². The SMILES string of the molecule is CO[C@H]1CNCC1NS(=O)(=O)CC#N. The van der Waals surface area contributed by atoms with Gasteiger partial charge >= 0.3 is 0 Å². The first-order chi connectivity index (χ1) is 6.59. The van der Waals surface area contributed by atoms with Gasteiger partial charge in [0.05, 0.1) is 18.2 Å². The van der Waals surface area contributed by atoms with Crippen molar-refractivity contribution in [2.75, 3.05) is 26.0 Å². The number of nitriles is 1. The zero-order chi connectivity index (χ0) is 10.6. The van der Waals surface area contributed by atoms with E-state index in [1.54, 1.807) is 6.07 Å². The molecule has 0 aromatic carbocycles. The number of sulfonamides is 1. The molecule has 0 radical (unpaired) electrons. The molecule has 2 N–H and O–H groups in total. The maximum atomic E-state index is 11.2. The van der Waals surface area contributed by atoms with E-state index in [-0.39, 0.29) is 12.1 Å². The van der Waals surface area contributed by atoms with Crippen LogP contribution < -0.4 is 10.0 Å². The van der Waals surface area contributed by atoms with E-state index in [1.165, 1.54) is 7.11 Å². The van der Waals surface area contributed by atoms with Gasteiger partial charge in [0.15, 0.2) is 5.75 Å². The van der Waals surface area contributed by atoms with Crippen LogP contribution in [0.15, 0.2) is 0 Å². The molecular weight excluding hydrogens is 206 g/mol. The van der Waals surface area contributed by atoms with E-state index in [0.717, 1.165) is 0 Å². The summed E-state index contributed by atoms with van der Waals surface area (Å²) in [4.78, 5) is 0. The van der Waals surface area contributed by atoms with Crippen molar-refractivity contribution < 1.29 is 13.2 Å². The van der Waals surface area contributed by atoms with Crippen molar-refractivity contribution in [2.24, 2.45) is 0 Å². The van der Waals surface area contributed by atoms with Gasteiger partial charge in [0.2, 0.25) is 10.0 Å². The molecule has 0 aromatic rings. The summed E-state index contributed by atoms with van der Waals surface area (Å²) < 4.78 is 30.0. The number of methoxy groups -OCH3 is 1. The van der Waals surface area contributed by atoms with E-state index in [9.17, 15) is 8.42 Å². The number of rotatable bonds is 4. The van der Waals surface area contributed by atoms with E-state index in [1.807, 2.05) is 0 Å². The predicted molar refractivity (Wildman–Crippen MR) is 50.0 cm³/mol. The van der Waals surface area contributed by atoms with Crippen molar-refractivity contribution in [3.8, 4) is 6.07 Å². The summed E-state index contributed by atoms with van der Waals surface area (Å²) in [7, 11) is -1.96. The highest BCUT2D eigenvalue weighted by molar-refractivity contribution is 7.89. The molecule has 14 heavy (non-hydrogen) atoms. The van der Waals surface area contributed by atoms with Crippen molar-refractivity contribution in [1.29, 1.82) is 5.26 Å². The fourth-order valence-corrected chi connectivity index (χ4v) is 2.33. The minimum atomic E-state index is -3.49. The highest BCUT2D eigenvalue weighted by atomic mass is 32.2. The molecule has 0 spiro atoms. The van der Waals surface area contributed by atoms with Gasteiger partial charge in [-0.1, -0.05) is 0 Å². The van der Waals surface area contributed by atoms with Crippen LogP contribution in [0.3, 0.4) is 0 Å². The first-order valence-corrected chi connectivity index (χ1v) is 5.85. The van der Waals surface area contributed by atoms with E-state index in [4.69, 9.17) is 10.00 Å². The molecule has 2 atom stereocenters. The molecule has 0 amide bonds. The third-order valence-electron chi connectivity index (χ3n) is 2.05. The van der Waals surface area contributed by atoms with Gasteiger partial charge in [-0.3, -0.25) is 0 Å². The fourth-order valence-electron chi connectivity index (χ4n) is 1.38. The van der Waals surface area contributed by atoms with Crippen molar-refractivity contribution in [3.63, 3.8) is 0 Å². The van der Waals surface area contributed by atoms with Crippen LogP contribution >= 0.6 is 0 Å². The molecule has 6 nitrogen and oxygen atoms in total. The van der Waals surface area contributed by atoms with Crippen molar-refractivity contribution >= 4 is 10.0 Å². The van der Waals surface area contributed by atoms with Crippen LogP contribution in [-0.4, -0.2) is 46.5 Å². The summed E-state index contributed by atoms with van der Waals surface area (Å²) in [6.07, 6.45) is -0.163. The molecule has 80 valence electrons. The van der Waals surface area contributed by atoms with Gasteiger partial charge in [0, 0.05) is 20.2 Å². The smallest absolute Gasteiger partial charge is 0.225 e. The Morgan fingerprint density at radius 3 is 2.93 bits per heavy atom. The van der Waals surface area contributed by atoms with Gasteiger partial charge in [-0.15, -0.1) is 0 Å². The highest BCUT2D eigenvalue weighted by Crippen LogP contribution is 2.04. The molecule has 1 aliphatic rings. The lowest BCUT2D eigenvalue weighted by molar-refractivity contribution is 0.103. The highest BCUT2D eigenvalue weighted by Gasteiger charge is 2.30. The number of hydrogen-bond acceptors (Lipinski definition) is 5. The number of ether oxygens (including phenoxy) is 1. The summed E-state index contributed by atoms with van der Waals surface area (Å²) in [6.45, 7) is 1.15. The third-order valence-corrected chi connectivity index (χ3v) is 3.22. The second-order valence-corrected chi connectivity index (χ2v) is 4.83. The lowest BCUT2D eigenvalue weighted by Crippen LogP contribution is -2.44. The molecule has 1 heterocycles. The molecule has 0 aliphatic carbocycles. The first kappa shape index (κ1) is 11.4. The fraction of sp³-hybridized carbons (Fsp3) is 0.857. The largest absolute Gasteiger partial charge is 0.378 e.